The van der Waals surface area contributed by atoms with Gasteiger partial charge in [-0.1, -0.05) is 23.2 Å². The third kappa shape index (κ3) is 5.35. The van der Waals surface area contributed by atoms with Crippen molar-refractivity contribution in [2.45, 2.75) is 18.7 Å². The van der Waals surface area contributed by atoms with Crippen LogP contribution in [0.5, 0.6) is 5.75 Å². The van der Waals surface area contributed by atoms with Crippen LogP contribution in [-0.4, -0.2) is 34.5 Å². The van der Waals surface area contributed by atoms with Crippen LogP contribution >= 0.6 is 23.2 Å². The molecule has 0 unspecified atom stereocenters. The maximum atomic E-state index is 12.5. The van der Waals surface area contributed by atoms with Gasteiger partial charge < -0.3 is 10.1 Å². The Balaban J connectivity index is 2.01. The van der Waals surface area contributed by atoms with Crippen LogP contribution in [0.4, 0.5) is 0 Å². The first-order valence-corrected chi connectivity index (χ1v) is 10.3. The van der Waals surface area contributed by atoms with E-state index in [9.17, 15) is 13.2 Å². The van der Waals surface area contributed by atoms with Crippen molar-refractivity contribution < 1.29 is 17.9 Å². The first-order valence-electron chi connectivity index (χ1n) is 8.04. The summed E-state index contributed by atoms with van der Waals surface area (Å²) in [6.45, 7) is 3.78. The molecule has 9 heteroatoms. The van der Waals surface area contributed by atoms with Gasteiger partial charge in [-0.05, 0) is 55.3 Å². The molecule has 27 heavy (non-hydrogen) atoms. The van der Waals surface area contributed by atoms with Crippen molar-refractivity contribution in [3.8, 4) is 5.75 Å². The van der Waals surface area contributed by atoms with Crippen molar-refractivity contribution in [1.82, 2.24) is 10.0 Å². The van der Waals surface area contributed by atoms with Crippen LogP contribution in [0, 0.1) is 13.8 Å². The Hall–Kier alpha value is -1.80. The molecule has 0 saturated carbocycles. The lowest BCUT2D eigenvalue weighted by molar-refractivity contribution is 0.0954. The highest BCUT2D eigenvalue weighted by atomic mass is 35.5. The number of carbonyl (C=O) groups excluding carboxylic acids is 1. The molecule has 0 aliphatic rings. The summed E-state index contributed by atoms with van der Waals surface area (Å²) >= 11 is 11.8. The minimum atomic E-state index is -3.79. The standard InChI is InChI=1S/C18H20Cl2N2O4S/c1-11-8-16(26-3)17(9-12(11)2)27(24,25)22-7-6-21-18(23)14-10-13(19)4-5-15(14)20/h4-5,8-10,22H,6-7H2,1-3H3,(H,21,23). The highest BCUT2D eigenvalue weighted by molar-refractivity contribution is 7.89. The monoisotopic (exact) mass is 430 g/mol. The van der Waals surface area contributed by atoms with Gasteiger partial charge in [-0.3, -0.25) is 4.79 Å². The lowest BCUT2D eigenvalue weighted by Gasteiger charge is -2.13. The molecule has 0 fully saturated rings. The average molecular weight is 431 g/mol. The Kier molecular flexibility index (Phi) is 7.11. The molecule has 2 N–H and O–H groups in total. The van der Waals surface area contributed by atoms with Gasteiger partial charge in [0.05, 0.1) is 17.7 Å². The quantitative estimate of drug-likeness (QED) is 0.659. The molecular formula is C18H20Cl2N2O4S. The fourth-order valence-corrected chi connectivity index (χ4v) is 3.98. The number of amides is 1. The summed E-state index contributed by atoms with van der Waals surface area (Å²) in [5.41, 5.74) is 1.99. The van der Waals surface area contributed by atoms with Gasteiger partial charge in [-0.25, -0.2) is 13.1 Å². The summed E-state index contributed by atoms with van der Waals surface area (Å²) in [4.78, 5) is 12.2. The second-order valence-corrected chi connectivity index (χ2v) is 8.44. The first-order chi connectivity index (χ1) is 12.7. The van der Waals surface area contributed by atoms with Gasteiger partial charge in [-0.15, -0.1) is 0 Å². The molecule has 2 aromatic carbocycles. The fraction of sp³-hybridized carbons (Fsp3) is 0.278. The average Bonchev–Trinajstić information content (AvgIpc) is 2.62. The molecule has 0 radical (unpaired) electrons. The minimum absolute atomic E-state index is 0.00232. The number of hydrogen-bond acceptors (Lipinski definition) is 4. The predicted octanol–water partition coefficient (Wildman–Crippen LogP) is 3.33. The molecule has 1 amide bonds. The molecule has 0 spiro atoms. The summed E-state index contributed by atoms with van der Waals surface area (Å²) in [6, 6.07) is 7.77. The molecule has 0 aliphatic carbocycles. The Morgan fingerprint density at radius 2 is 1.74 bits per heavy atom. The predicted molar refractivity (Wildman–Crippen MR) is 106 cm³/mol. The van der Waals surface area contributed by atoms with Gasteiger partial charge in [0.1, 0.15) is 10.6 Å². The zero-order valence-electron chi connectivity index (χ0n) is 15.1. The molecule has 0 heterocycles. The number of hydrogen-bond donors (Lipinski definition) is 2. The molecule has 146 valence electrons. The summed E-state index contributed by atoms with van der Waals surface area (Å²) in [5.74, 6) is -0.175. The van der Waals surface area contributed by atoms with Gasteiger partial charge in [0.2, 0.25) is 10.0 Å². The summed E-state index contributed by atoms with van der Waals surface area (Å²) in [6.07, 6.45) is 0. The van der Waals surface area contributed by atoms with E-state index in [0.29, 0.717) is 5.02 Å². The maximum Gasteiger partial charge on any atom is 0.252 e. The number of methoxy groups -OCH3 is 1. The van der Waals surface area contributed by atoms with E-state index in [4.69, 9.17) is 27.9 Å². The Bertz CT molecular complexity index is 962. The van der Waals surface area contributed by atoms with Crippen molar-refractivity contribution in [1.29, 1.82) is 0 Å². The Morgan fingerprint density at radius 1 is 1.07 bits per heavy atom. The first kappa shape index (κ1) is 21.5. The third-order valence-electron chi connectivity index (χ3n) is 3.95. The number of halogens is 2. The molecule has 0 saturated heterocycles. The number of nitrogens with one attached hydrogen (secondary N) is 2. The van der Waals surface area contributed by atoms with Gasteiger partial charge in [0.15, 0.2) is 0 Å². The molecule has 0 bridgehead atoms. The molecular weight excluding hydrogens is 411 g/mol. The van der Waals surface area contributed by atoms with Crippen LogP contribution in [0.1, 0.15) is 21.5 Å². The van der Waals surface area contributed by atoms with E-state index in [1.54, 1.807) is 18.2 Å². The van der Waals surface area contributed by atoms with Crippen LogP contribution < -0.4 is 14.8 Å². The largest absolute Gasteiger partial charge is 0.495 e. The molecule has 0 aromatic heterocycles. The SMILES string of the molecule is COc1cc(C)c(C)cc1S(=O)(=O)NCCNC(=O)c1cc(Cl)ccc1Cl. The zero-order chi connectivity index (χ0) is 20.2. The van der Waals surface area contributed by atoms with E-state index >= 15 is 0 Å². The lowest BCUT2D eigenvalue weighted by atomic mass is 10.1. The normalized spacial score (nSPS) is 11.3. The number of rotatable bonds is 7. The lowest BCUT2D eigenvalue weighted by Crippen LogP contribution is -2.35. The van der Waals surface area contributed by atoms with Gasteiger partial charge in [0.25, 0.3) is 5.91 Å². The number of aryl methyl sites for hydroxylation is 2. The van der Waals surface area contributed by atoms with E-state index in [-0.39, 0.29) is 34.3 Å². The van der Waals surface area contributed by atoms with E-state index < -0.39 is 15.9 Å². The van der Waals surface area contributed by atoms with Crippen molar-refractivity contribution in [2.24, 2.45) is 0 Å². The summed E-state index contributed by atoms with van der Waals surface area (Å²) in [7, 11) is -2.38. The number of carbonyl (C=O) groups is 1. The number of ether oxygens (including phenoxy) is 1. The Morgan fingerprint density at radius 3 is 2.41 bits per heavy atom. The second kappa shape index (κ2) is 8.93. The van der Waals surface area contributed by atoms with Crippen molar-refractivity contribution in [3.05, 3.63) is 57.1 Å². The summed E-state index contributed by atoms with van der Waals surface area (Å²) < 4.78 is 32.7. The molecule has 6 nitrogen and oxygen atoms in total. The topological polar surface area (TPSA) is 84.5 Å². The zero-order valence-corrected chi connectivity index (χ0v) is 17.4. The van der Waals surface area contributed by atoms with Gasteiger partial charge >= 0.3 is 0 Å². The molecule has 0 atom stereocenters. The number of benzene rings is 2. The van der Waals surface area contributed by atoms with Crippen LogP contribution in [0.3, 0.4) is 0 Å². The summed E-state index contributed by atoms with van der Waals surface area (Å²) in [5, 5.41) is 3.24. The van der Waals surface area contributed by atoms with Crippen LogP contribution in [0.2, 0.25) is 10.0 Å². The molecule has 2 rings (SSSR count). The van der Waals surface area contributed by atoms with Crippen LogP contribution in [0.25, 0.3) is 0 Å². The van der Waals surface area contributed by atoms with E-state index in [1.807, 2.05) is 13.8 Å². The number of sulfonamides is 1. The molecule has 0 aliphatic heterocycles. The van der Waals surface area contributed by atoms with Crippen LogP contribution in [-0.2, 0) is 10.0 Å². The van der Waals surface area contributed by atoms with Crippen molar-refractivity contribution >= 4 is 39.1 Å². The van der Waals surface area contributed by atoms with E-state index in [0.717, 1.165) is 11.1 Å². The van der Waals surface area contributed by atoms with Gasteiger partial charge in [0, 0.05) is 18.1 Å². The third-order valence-corrected chi connectivity index (χ3v) is 5.99. The fourth-order valence-electron chi connectivity index (χ4n) is 2.34. The van der Waals surface area contributed by atoms with Crippen molar-refractivity contribution in [2.75, 3.05) is 20.2 Å². The van der Waals surface area contributed by atoms with E-state index in [2.05, 4.69) is 10.0 Å². The smallest absolute Gasteiger partial charge is 0.252 e. The van der Waals surface area contributed by atoms with Gasteiger partial charge in [-0.2, -0.15) is 0 Å². The maximum absolute atomic E-state index is 12.5. The second-order valence-electron chi connectivity index (χ2n) is 5.87. The Labute approximate surface area is 168 Å². The highest BCUT2D eigenvalue weighted by Gasteiger charge is 2.20. The van der Waals surface area contributed by atoms with Crippen molar-refractivity contribution in [3.63, 3.8) is 0 Å². The van der Waals surface area contributed by atoms with Crippen LogP contribution in [0.15, 0.2) is 35.2 Å². The highest BCUT2D eigenvalue weighted by Crippen LogP contribution is 2.27. The minimum Gasteiger partial charge on any atom is -0.495 e. The molecule has 2 aromatic rings. The van der Waals surface area contributed by atoms with E-state index in [1.165, 1.54) is 19.2 Å².